The minimum Gasteiger partial charge on any atom is -0.495 e. The first-order valence-electron chi connectivity index (χ1n) is 11.1. The molecule has 0 bridgehead atoms. The Bertz CT molecular complexity index is 1650. The predicted molar refractivity (Wildman–Crippen MR) is 143 cm³/mol. The number of ether oxygens (including phenoxy) is 1. The molecule has 0 saturated heterocycles. The van der Waals surface area contributed by atoms with Gasteiger partial charge in [-0.2, -0.15) is 0 Å². The lowest BCUT2D eigenvalue weighted by atomic mass is 9.84. The summed E-state index contributed by atoms with van der Waals surface area (Å²) < 4.78 is 32.6. The number of nitrogens with zero attached hydrogens (tertiary/aromatic N) is 1. The van der Waals surface area contributed by atoms with Crippen LogP contribution < -0.4 is 26.0 Å². The van der Waals surface area contributed by atoms with Crippen molar-refractivity contribution in [2.45, 2.75) is 33.1 Å². The lowest BCUT2D eigenvalue weighted by molar-refractivity contribution is -0.114. The molecule has 0 spiro atoms. The van der Waals surface area contributed by atoms with Crippen LogP contribution >= 0.6 is 0 Å². The molecule has 1 aromatic heterocycles. The first kappa shape index (κ1) is 27.3. The van der Waals surface area contributed by atoms with Crippen molar-refractivity contribution in [3.8, 4) is 23.3 Å². The van der Waals surface area contributed by atoms with Crippen LogP contribution in [0, 0.1) is 11.8 Å². The molecular weight excluding hydrogens is 496 g/mol. The molecule has 3 aromatic rings. The Morgan fingerprint density at radius 1 is 1.05 bits per heavy atom. The number of nitrogens with one attached hydrogen (secondary N) is 3. The SMILES string of the molecule is COc1c(C#Cc2ccc(NS(C)(=O)=O)cc2NC(C)=O)cc(-n2ccc(=O)[nH]c2=O)cc1C(C)(C)C. The number of anilines is 2. The molecule has 194 valence electrons. The third kappa shape index (κ3) is 6.89. The van der Waals surface area contributed by atoms with Crippen LogP contribution in [0.15, 0.2) is 52.2 Å². The highest BCUT2D eigenvalue weighted by Gasteiger charge is 2.23. The first-order chi connectivity index (χ1) is 17.2. The van der Waals surface area contributed by atoms with Crippen molar-refractivity contribution in [3.05, 3.63) is 80.1 Å². The fourth-order valence-corrected chi connectivity index (χ4v) is 4.16. The number of methoxy groups -OCH3 is 1. The van der Waals surface area contributed by atoms with E-state index in [2.05, 4.69) is 26.9 Å². The quantitative estimate of drug-likeness (QED) is 0.439. The van der Waals surface area contributed by atoms with Crippen molar-refractivity contribution in [1.82, 2.24) is 9.55 Å². The van der Waals surface area contributed by atoms with Crippen molar-refractivity contribution >= 4 is 27.3 Å². The highest BCUT2D eigenvalue weighted by molar-refractivity contribution is 7.92. The van der Waals surface area contributed by atoms with Gasteiger partial charge in [-0.05, 0) is 35.7 Å². The van der Waals surface area contributed by atoms with Gasteiger partial charge in [0.05, 0.1) is 36.0 Å². The Hall–Kier alpha value is -4.30. The Kier molecular flexibility index (Phi) is 7.64. The van der Waals surface area contributed by atoms with E-state index in [1.165, 1.54) is 43.0 Å². The summed E-state index contributed by atoms with van der Waals surface area (Å²) in [6.07, 6.45) is 2.41. The van der Waals surface area contributed by atoms with Crippen LogP contribution in [-0.4, -0.2) is 37.2 Å². The molecule has 0 aliphatic rings. The molecule has 3 N–H and O–H groups in total. The highest BCUT2D eigenvalue weighted by atomic mass is 32.2. The van der Waals surface area contributed by atoms with Crippen LogP contribution in [-0.2, 0) is 20.2 Å². The van der Waals surface area contributed by atoms with Gasteiger partial charge in [0.2, 0.25) is 15.9 Å². The standard InChI is InChI=1S/C26H28N4O6S/c1-16(31)27-22-14-19(29-37(6,34)35)10-9-17(22)7-8-18-13-20(30-12-11-23(32)28-25(30)33)15-21(24(18)36-5)26(2,3)4/h9-15,29H,1-6H3,(H,27,31)(H,28,32,33). The van der Waals surface area contributed by atoms with Crippen molar-refractivity contribution < 1.29 is 17.9 Å². The number of H-pyrrole nitrogens is 1. The smallest absolute Gasteiger partial charge is 0.332 e. The number of aromatic nitrogens is 2. The number of hydrogen-bond donors (Lipinski definition) is 3. The maximum absolute atomic E-state index is 12.5. The molecule has 1 heterocycles. The zero-order valence-electron chi connectivity index (χ0n) is 21.3. The Morgan fingerprint density at radius 2 is 1.73 bits per heavy atom. The van der Waals surface area contributed by atoms with Crippen LogP contribution in [0.2, 0.25) is 0 Å². The maximum atomic E-state index is 12.5. The lowest BCUT2D eigenvalue weighted by Crippen LogP contribution is -2.28. The summed E-state index contributed by atoms with van der Waals surface area (Å²) in [5, 5.41) is 2.66. The van der Waals surface area contributed by atoms with Gasteiger partial charge in [0.25, 0.3) is 5.56 Å². The number of sulfonamides is 1. The molecule has 0 atom stereocenters. The minimum atomic E-state index is -3.52. The molecule has 0 aliphatic heterocycles. The number of carbonyl (C=O) groups is 1. The normalized spacial score (nSPS) is 11.3. The Labute approximate surface area is 214 Å². The second-order valence-electron chi connectivity index (χ2n) is 9.37. The monoisotopic (exact) mass is 524 g/mol. The molecule has 0 saturated carbocycles. The summed E-state index contributed by atoms with van der Waals surface area (Å²) in [5.74, 6) is 6.23. The van der Waals surface area contributed by atoms with Gasteiger partial charge in [-0.1, -0.05) is 32.6 Å². The highest BCUT2D eigenvalue weighted by Crippen LogP contribution is 2.36. The summed E-state index contributed by atoms with van der Waals surface area (Å²) in [4.78, 5) is 38.1. The second-order valence-corrected chi connectivity index (χ2v) is 11.1. The molecule has 10 nitrogen and oxygen atoms in total. The molecule has 0 radical (unpaired) electrons. The number of amides is 1. The second kappa shape index (κ2) is 10.4. The fraction of sp³-hybridized carbons (Fsp3) is 0.269. The topological polar surface area (TPSA) is 139 Å². The van der Waals surface area contributed by atoms with Gasteiger partial charge in [0.1, 0.15) is 5.75 Å². The average molecular weight is 525 g/mol. The third-order valence-corrected chi connectivity index (χ3v) is 5.76. The number of hydrogen-bond acceptors (Lipinski definition) is 6. The summed E-state index contributed by atoms with van der Waals surface area (Å²) in [6, 6.07) is 9.31. The zero-order chi connectivity index (χ0) is 27.5. The van der Waals surface area contributed by atoms with E-state index in [1.807, 2.05) is 20.8 Å². The molecule has 0 unspecified atom stereocenters. The Morgan fingerprint density at radius 3 is 2.30 bits per heavy atom. The van der Waals surface area contributed by atoms with Gasteiger partial charge in [-0.3, -0.25) is 23.9 Å². The Balaban J connectivity index is 2.24. The van der Waals surface area contributed by atoms with E-state index in [4.69, 9.17) is 4.74 Å². The van der Waals surface area contributed by atoms with Crippen LogP contribution in [0.5, 0.6) is 5.75 Å². The van der Waals surface area contributed by atoms with Gasteiger partial charge >= 0.3 is 5.69 Å². The van der Waals surface area contributed by atoms with Crippen molar-refractivity contribution in [2.24, 2.45) is 0 Å². The van der Waals surface area contributed by atoms with Crippen molar-refractivity contribution in [3.63, 3.8) is 0 Å². The van der Waals surface area contributed by atoms with Crippen molar-refractivity contribution in [1.29, 1.82) is 0 Å². The summed E-state index contributed by atoms with van der Waals surface area (Å²) in [7, 11) is -2.00. The minimum absolute atomic E-state index is 0.267. The summed E-state index contributed by atoms with van der Waals surface area (Å²) >= 11 is 0. The van der Waals surface area contributed by atoms with Gasteiger partial charge in [0.15, 0.2) is 0 Å². The first-order valence-corrected chi connectivity index (χ1v) is 13.0. The molecule has 0 fully saturated rings. The van der Waals surface area contributed by atoms with Crippen LogP contribution in [0.3, 0.4) is 0 Å². The van der Waals surface area contributed by atoms with Crippen LogP contribution in [0.25, 0.3) is 5.69 Å². The maximum Gasteiger partial charge on any atom is 0.332 e. The average Bonchev–Trinajstić information content (AvgIpc) is 2.76. The van der Waals surface area contributed by atoms with E-state index >= 15 is 0 Å². The molecular formula is C26H28N4O6S. The summed E-state index contributed by atoms with van der Waals surface area (Å²) in [5.41, 5.74) is 1.25. The van der Waals surface area contributed by atoms with Crippen molar-refractivity contribution in [2.75, 3.05) is 23.4 Å². The fourth-order valence-electron chi connectivity index (χ4n) is 3.60. The van der Waals surface area contributed by atoms with E-state index in [1.54, 1.807) is 18.2 Å². The number of carbonyl (C=O) groups excluding carboxylic acids is 1. The molecule has 0 aliphatic carbocycles. The third-order valence-electron chi connectivity index (χ3n) is 5.15. The van der Waals surface area contributed by atoms with Gasteiger partial charge in [-0.25, -0.2) is 13.2 Å². The van der Waals surface area contributed by atoms with E-state index in [9.17, 15) is 22.8 Å². The molecule has 11 heteroatoms. The number of aromatic amines is 1. The lowest BCUT2D eigenvalue weighted by Gasteiger charge is -2.24. The summed E-state index contributed by atoms with van der Waals surface area (Å²) in [6.45, 7) is 7.30. The number of benzene rings is 2. The van der Waals surface area contributed by atoms with E-state index in [-0.39, 0.29) is 17.0 Å². The molecule has 2 aromatic carbocycles. The molecule has 1 amide bonds. The van der Waals surface area contributed by atoms with Gasteiger partial charge in [0, 0.05) is 30.3 Å². The van der Waals surface area contributed by atoms with E-state index in [0.717, 1.165) is 11.8 Å². The van der Waals surface area contributed by atoms with E-state index in [0.29, 0.717) is 28.3 Å². The van der Waals surface area contributed by atoms with Crippen LogP contribution in [0.1, 0.15) is 44.4 Å². The van der Waals surface area contributed by atoms with Crippen LogP contribution in [0.4, 0.5) is 11.4 Å². The zero-order valence-corrected chi connectivity index (χ0v) is 22.2. The number of rotatable bonds is 5. The largest absolute Gasteiger partial charge is 0.495 e. The molecule has 3 rings (SSSR count). The van der Waals surface area contributed by atoms with Gasteiger partial charge < -0.3 is 10.1 Å². The predicted octanol–water partition coefficient (Wildman–Crippen LogP) is 2.56. The molecule has 37 heavy (non-hydrogen) atoms. The van der Waals surface area contributed by atoms with E-state index < -0.39 is 21.3 Å². The van der Waals surface area contributed by atoms with Gasteiger partial charge in [-0.15, -0.1) is 0 Å².